The largest absolute Gasteiger partial charge is 0.330 e. The van der Waals surface area contributed by atoms with Crippen LogP contribution in [0.25, 0.3) is 0 Å². The molecule has 1 fully saturated rings. The lowest BCUT2D eigenvalue weighted by atomic mass is 10.0. The summed E-state index contributed by atoms with van der Waals surface area (Å²) in [4.78, 5) is 4.90. The van der Waals surface area contributed by atoms with Gasteiger partial charge in [0.1, 0.15) is 0 Å². The highest BCUT2D eigenvalue weighted by atomic mass is 15.2. The van der Waals surface area contributed by atoms with Crippen molar-refractivity contribution >= 4 is 0 Å². The maximum Gasteiger partial charge on any atom is 0.0117 e. The van der Waals surface area contributed by atoms with Crippen LogP contribution in [-0.2, 0) is 0 Å². The van der Waals surface area contributed by atoms with E-state index in [2.05, 4.69) is 30.8 Å². The highest BCUT2D eigenvalue weighted by Crippen LogP contribution is 2.14. The van der Waals surface area contributed by atoms with Crippen molar-refractivity contribution in [1.82, 2.24) is 9.80 Å². The first-order valence-corrected chi connectivity index (χ1v) is 5.72. The number of rotatable bonds is 4. The van der Waals surface area contributed by atoms with Crippen LogP contribution in [0.2, 0.25) is 0 Å². The zero-order valence-electron chi connectivity index (χ0n) is 9.87. The van der Waals surface area contributed by atoms with Gasteiger partial charge in [-0.3, -0.25) is 0 Å². The fourth-order valence-corrected chi connectivity index (χ4v) is 2.15. The van der Waals surface area contributed by atoms with Crippen LogP contribution in [-0.4, -0.2) is 56.1 Å². The molecule has 14 heavy (non-hydrogen) atoms. The van der Waals surface area contributed by atoms with Crippen LogP contribution in [0.1, 0.15) is 19.8 Å². The first-order chi connectivity index (χ1) is 6.63. The summed E-state index contributed by atoms with van der Waals surface area (Å²) in [6, 6.07) is 0.778. The fourth-order valence-electron chi connectivity index (χ4n) is 2.15. The van der Waals surface area contributed by atoms with Gasteiger partial charge in [-0.15, -0.1) is 0 Å². The molecule has 0 aromatic heterocycles. The number of hydrogen-bond donors (Lipinski definition) is 1. The van der Waals surface area contributed by atoms with Crippen LogP contribution in [0.5, 0.6) is 0 Å². The Labute approximate surface area is 88.2 Å². The molecule has 1 aliphatic rings. The number of likely N-dealkylation sites (tertiary alicyclic amines) is 1. The summed E-state index contributed by atoms with van der Waals surface area (Å²) in [6.07, 6.45) is 2.62. The molecule has 84 valence electrons. The van der Waals surface area contributed by atoms with Crippen LogP contribution in [0.4, 0.5) is 0 Å². The van der Waals surface area contributed by atoms with Gasteiger partial charge >= 0.3 is 0 Å². The van der Waals surface area contributed by atoms with Gasteiger partial charge in [0.25, 0.3) is 0 Å². The number of piperidine rings is 1. The first-order valence-electron chi connectivity index (χ1n) is 5.72. The predicted molar refractivity (Wildman–Crippen MR) is 61.4 cm³/mol. The van der Waals surface area contributed by atoms with Crippen molar-refractivity contribution < 1.29 is 0 Å². The predicted octanol–water partition coefficient (Wildman–Crippen LogP) is 0.607. The second kappa shape index (κ2) is 5.69. The van der Waals surface area contributed by atoms with Crippen LogP contribution in [0.15, 0.2) is 0 Å². The molecule has 0 bridgehead atoms. The Bertz CT molecular complexity index is 153. The molecule has 0 saturated carbocycles. The van der Waals surface area contributed by atoms with E-state index >= 15 is 0 Å². The SMILES string of the molecule is CC(CN)CN(C)C1CCN(C)CC1. The smallest absolute Gasteiger partial charge is 0.0117 e. The summed E-state index contributed by atoms with van der Waals surface area (Å²) in [5, 5.41) is 0. The maximum atomic E-state index is 5.64. The first kappa shape index (κ1) is 12.0. The summed E-state index contributed by atoms with van der Waals surface area (Å²) in [7, 11) is 4.45. The summed E-state index contributed by atoms with van der Waals surface area (Å²) < 4.78 is 0. The van der Waals surface area contributed by atoms with Gasteiger partial charge in [-0.1, -0.05) is 6.92 Å². The zero-order valence-corrected chi connectivity index (χ0v) is 9.87. The molecule has 0 aromatic rings. The minimum Gasteiger partial charge on any atom is -0.330 e. The molecule has 1 saturated heterocycles. The molecule has 1 atom stereocenters. The summed E-state index contributed by atoms with van der Waals surface area (Å²) in [5.41, 5.74) is 5.64. The number of hydrogen-bond acceptors (Lipinski definition) is 3. The van der Waals surface area contributed by atoms with Crippen molar-refractivity contribution in [1.29, 1.82) is 0 Å². The third-order valence-corrected chi connectivity index (χ3v) is 3.31. The Morgan fingerprint density at radius 3 is 2.50 bits per heavy atom. The van der Waals surface area contributed by atoms with E-state index < -0.39 is 0 Å². The molecule has 1 rings (SSSR count). The Morgan fingerprint density at radius 2 is 2.00 bits per heavy atom. The van der Waals surface area contributed by atoms with Crippen LogP contribution in [0.3, 0.4) is 0 Å². The van der Waals surface area contributed by atoms with Gasteiger partial charge < -0.3 is 15.5 Å². The average Bonchev–Trinajstić information content (AvgIpc) is 2.18. The lowest BCUT2D eigenvalue weighted by molar-refractivity contribution is 0.132. The maximum absolute atomic E-state index is 5.64. The Kier molecular flexibility index (Phi) is 4.85. The van der Waals surface area contributed by atoms with E-state index in [1.54, 1.807) is 0 Å². The third kappa shape index (κ3) is 3.56. The van der Waals surface area contributed by atoms with E-state index in [0.29, 0.717) is 5.92 Å². The Morgan fingerprint density at radius 1 is 1.43 bits per heavy atom. The van der Waals surface area contributed by atoms with Crippen molar-refractivity contribution in [3.8, 4) is 0 Å². The summed E-state index contributed by atoms with van der Waals surface area (Å²) in [6.45, 7) is 6.66. The van der Waals surface area contributed by atoms with Crippen molar-refractivity contribution in [3.63, 3.8) is 0 Å². The van der Waals surface area contributed by atoms with Crippen molar-refractivity contribution in [2.45, 2.75) is 25.8 Å². The van der Waals surface area contributed by atoms with E-state index in [-0.39, 0.29) is 0 Å². The van der Waals surface area contributed by atoms with E-state index in [9.17, 15) is 0 Å². The molecular weight excluding hydrogens is 174 g/mol. The highest BCUT2D eigenvalue weighted by molar-refractivity contribution is 4.77. The molecule has 0 spiro atoms. The fraction of sp³-hybridized carbons (Fsp3) is 1.00. The molecule has 0 radical (unpaired) electrons. The van der Waals surface area contributed by atoms with Gasteiger partial charge in [0.05, 0.1) is 0 Å². The van der Waals surface area contributed by atoms with Gasteiger partial charge in [0.15, 0.2) is 0 Å². The third-order valence-electron chi connectivity index (χ3n) is 3.31. The van der Waals surface area contributed by atoms with Crippen LogP contribution >= 0.6 is 0 Å². The van der Waals surface area contributed by atoms with Crippen LogP contribution in [0, 0.1) is 5.92 Å². The Balaban J connectivity index is 2.26. The average molecular weight is 199 g/mol. The van der Waals surface area contributed by atoms with Gasteiger partial charge in [-0.25, -0.2) is 0 Å². The number of nitrogens with zero attached hydrogens (tertiary/aromatic N) is 2. The summed E-state index contributed by atoms with van der Waals surface area (Å²) >= 11 is 0. The minimum atomic E-state index is 0.625. The van der Waals surface area contributed by atoms with Crippen molar-refractivity contribution in [3.05, 3.63) is 0 Å². The Hall–Kier alpha value is -0.120. The van der Waals surface area contributed by atoms with Gasteiger partial charge in [-0.2, -0.15) is 0 Å². The molecule has 2 N–H and O–H groups in total. The molecular formula is C11H25N3. The van der Waals surface area contributed by atoms with Gasteiger partial charge in [0, 0.05) is 12.6 Å². The second-order valence-electron chi connectivity index (χ2n) is 4.81. The van der Waals surface area contributed by atoms with E-state index in [1.807, 2.05) is 0 Å². The second-order valence-corrected chi connectivity index (χ2v) is 4.81. The lowest BCUT2D eigenvalue weighted by Crippen LogP contribution is -2.43. The normalized spacial score (nSPS) is 22.9. The van der Waals surface area contributed by atoms with E-state index in [0.717, 1.165) is 19.1 Å². The lowest BCUT2D eigenvalue weighted by Gasteiger charge is -2.36. The molecule has 3 nitrogen and oxygen atoms in total. The topological polar surface area (TPSA) is 32.5 Å². The zero-order chi connectivity index (χ0) is 10.6. The number of nitrogens with two attached hydrogens (primary N) is 1. The highest BCUT2D eigenvalue weighted by Gasteiger charge is 2.20. The molecule has 0 aliphatic carbocycles. The minimum absolute atomic E-state index is 0.625. The van der Waals surface area contributed by atoms with Gasteiger partial charge in [0.2, 0.25) is 0 Å². The van der Waals surface area contributed by atoms with Crippen LogP contribution < -0.4 is 5.73 Å². The monoisotopic (exact) mass is 199 g/mol. The molecule has 0 amide bonds. The quantitative estimate of drug-likeness (QED) is 0.720. The summed E-state index contributed by atoms with van der Waals surface area (Å²) in [5.74, 6) is 0.625. The molecule has 1 heterocycles. The standard InChI is InChI=1S/C11H25N3/c1-10(8-12)9-14(3)11-4-6-13(2)7-5-11/h10-11H,4-9,12H2,1-3H3. The molecule has 3 heteroatoms. The van der Waals surface area contributed by atoms with E-state index in [1.165, 1.54) is 25.9 Å². The molecule has 1 unspecified atom stereocenters. The molecule has 1 aliphatic heterocycles. The van der Waals surface area contributed by atoms with Crippen molar-refractivity contribution in [2.24, 2.45) is 11.7 Å². The van der Waals surface area contributed by atoms with Crippen molar-refractivity contribution in [2.75, 3.05) is 40.3 Å². The molecule has 0 aromatic carbocycles. The van der Waals surface area contributed by atoms with Gasteiger partial charge in [-0.05, 0) is 52.5 Å². The van der Waals surface area contributed by atoms with E-state index in [4.69, 9.17) is 5.73 Å².